The minimum absolute atomic E-state index is 0.00600. The Labute approximate surface area is 89.4 Å². The van der Waals surface area contributed by atoms with Crippen LogP contribution in [0.4, 0.5) is 4.39 Å². The van der Waals surface area contributed by atoms with E-state index < -0.39 is 5.38 Å². The second-order valence-corrected chi connectivity index (χ2v) is 4.33. The Morgan fingerprint density at radius 2 is 2.14 bits per heavy atom. The zero-order chi connectivity index (χ0) is 10.6. The van der Waals surface area contributed by atoms with E-state index in [0.29, 0.717) is 19.5 Å². The number of piperidine rings is 1. The summed E-state index contributed by atoms with van der Waals surface area (Å²) in [6.45, 7) is 2.96. The van der Waals surface area contributed by atoms with E-state index in [1.54, 1.807) is 4.90 Å². The predicted molar refractivity (Wildman–Crippen MR) is 55.2 cm³/mol. The zero-order valence-corrected chi connectivity index (χ0v) is 9.26. The fourth-order valence-electron chi connectivity index (χ4n) is 1.68. The van der Waals surface area contributed by atoms with E-state index in [1.165, 1.54) is 0 Å². The third kappa shape index (κ3) is 2.84. The zero-order valence-electron chi connectivity index (χ0n) is 8.51. The first-order chi connectivity index (χ1) is 6.69. The van der Waals surface area contributed by atoms with Crippen LogP contribution in [-0.4, -0.2) is 35.9 Å². The molecule has 1 amide bonds. The Morgan fingerprint density at radius 3 is 2.57 bits per heavy atom. The summed E-state index contributed by atoms with van der Waals surface area (Å²) in [5.74, 6) is 0.154. The number of likely N-dealkylation sites (tertiary alicyclic amines) is 1. The maximum atomic E-state index is 12.3. The third-order valence-electron chi connectivity index (χ3n) is 2.77. The van der Waals surface area contributed by atoms with Gasteiger partial charge in [-0.1, -0.05) is 6.92 Å². The average Bonchev–Trinajstić information content (AvgIpc) is 2.27. The molecule has 0 spiro atoms. The SMILES string of the molecule is CCC(Cl)C(=O)N1CCC(CF)CC1. The van der Waals surface area contributed by atoms with Crippen LogP contribution >= 0.6 is 11.6 Å². The predicted octanol–water partition coefficient (Wildman–Crippen LogP) is 2.21. The lowest BCUT2D eigenvalue weighted by Crippen LogP contribution is -2.42. The van der Waals surface area contributed by atoms with Gasteiger partial charge in [0.25, 0.3) is 0 Å². The number of alkyl halides is 2. The molecule has 4 heteroatoms. The van der Waals surface area contributed by atoms with Crippen molar-refractivity contribution in [3.8, 4) is 0 Å². The number of hydrogen-bond donors (Lipinski definition) is 0. The molecule has 1 unspecified atom stereocenters. The van der Waals surface area contributed by atoms with Gasteiger partial charge < -0.3 is 4.90 Å². The van der Waals surface area contributed by atoms with E-state index in [0.717, 1.165) is 12.8 Å². The number of halogens is 2. The Bertz CT molecular complexity index is 193. The lowest BCUT2D eigenvalue weighted by molar-refractivity contribution is -0.132. The van der Waals surface area contributed by atoms with Crippen molar-refractivity contribution in [2.24, 2.45) is 5.92 Å². The second-order valence-electron chi connectivity index (χ2n) is 3.80. The van der Waals surface area contributed by atoms with Gasteiger partial charge in [-0.2, -0.15) is 0 Å². The lowest BCUT2D eigenvalue weighted by Gasteiger charge is -2.31. The van der Waals surface area contributed by atoms with Crippen LogP contribution in [0.25, 0.3) is 0 Å². The van der Waals surface area contributed by atoms with Crippen LogP contribution in [0.5, 0.6) is 0 Å². The van der Waals surface area contributed by atoms with Crippen molar-refractivity contribution in [2.75, 3.05) is 19.8 Å². The van der Waals surface area contributed by atoms with E-state index in [4.69, 9.17) is 11.6 Å². The summed E-state index contributed by atoms with van der Waals surface area (Å²) in [7, 11) is 0. The molecule has 1 fully saturated rings. The van der Waals surface area contributed by atoms with Gasteiger partial charge in [0.2, 0.25) is 5.91 Å². The Balaban J connectivity index is 2.37. The van der Waals surface area contributed by atoms with Gasteiger partial charge in [-0.05, 0) is 25.2 Å². The second kappa shape index (κ2) is 5.54. The van der Waals surface area contributed by atoms with Crippen molar-refractivity contribution < 1.29 is 9.18 Å². The monoisotopic (exact) mass is 221 g/mol. The normalized spacial score (nSPS) is 20.9. The van der Waals surface area contributed by atoms with Crippen molar-refractivity contribution in [1.82, 2.24) is 4.90 Å². The molecule has 0 saturated carbocycles. The molecule has 1 rings (SSSR count). The van der Waals surface area contributed by atoms with Crippen molar-refractivity contribution >= 4 is 17.5 Å². The Morgan fingerprint density at radius 1 is 1.57 bits per heavy atom. The van der Waals surface area contributed by atoms with E-state index in [1.807, 2.05) is 6.92 Å². The van der Waals surface area contributed by atoms with Crippen LogP contribution in [0.2, 0.25) is 0 Å². The highest BCUT2D eigenvalue weighted by molar-refractivity contribution is 6.30. The van der Waals surface area contributed by atoms with Crippen LogP contribution in [0.3, 0.4) is 0 Å². The van der Waals surface area contributed by atoms with Gasteiger partial charge in [-0.15, -0.1) is 11.6 Å². The largest absolute Gasteiger partial charge is 0.341 e. The van der Waals surface area contributed by atoms with Gasteiger partial charge in [0.1, 0.15) is 5.38 Å². The van der Waals surface area contributed by atoms with Crippen LogP contribution in [0.1, 0.15) is 26.2 Å². The molecule has 0 aromatic carbocycles. The van der Waals surface area contributed by atoms with Crippen molar-refractivity contribution in [3.05, 3.63) is 0 Å². The molecule has 0 radical (unpaired) electrons. The highest BCUT2D eigenvalue weighted by Gasteiger charge is 2.25. The molecule has 0 aromatic heterocycles. The fraction of sp³-hybridized carbons (Fsp3) is 0.900. The fourth-order valence-corrected chi connectivity index (χ4v) is 1.82. The standard InChI is InChI=1S/C10H17ClFNO/c1-2-9(11)10(14)13-5-3-8(7-12)4-6-13/h8-9H,2-7H2,1H3. The molecule has 0 bridgehead atoms. The van der Waals surface area contributed by atoms with Crippen molar-refractivity contribution in [2.45, 2.75) is 31.6 Å². The van der Waals surface area contributed by atoms with E-state index >= 15 is 0 Å². The molecule has 0 aromatic rings. The number of nitrogens with zero attached hydrogens (tertiary/aromatic N) is 1. The summed E-state index contributed by atoms with van der Waals surface area (Å²) in [5.41, 5.74) is 0. The topological polar surface area (TPSA) is 20.3 Å². The molecular weight excluding hydrogens is 205 g/mol. The van der Waals surface area contributed by atoms with Crippen LogP contribution < -0.4 is 0 Å². The van der Waals surface area contributed by atoms with Gasteiger partial charge in [0.15, 0.2) is 0 Å². The molecule has 1 heterocycles. The summed E-state index contributed by atoms with van der Waals surface area (Å²) < 4.78 is 12.3. The van der Waals surface area contributed by atoms with E-state index in [-0.39, 0.29) is 18.5 Å². The quantitative estimate of drug-likeness (QED) is 0.670. The summed E-state index contributed by atoms with van der Waals surface area (Å²) in [5, 5.41) is -0.406. The van der Waals surface area contributed by atoms with Crippen molar-refractivity contribution in [1.29, 1.82) is 0 Å². The Hall–Kier alpha value is -0.310. The molecular formula is C10H17ClFNO. The highest BCUT2D eigenvalue weighted by Crippen LogP contribution is 2.19. The minimum Gasteiger partial charge on any atom is -0.341 e. The third-order valence-corrected chi connectivity index (χ3v) is 3.27. The summed E-state index contributed by atoms with van der Waals surface area (Å²) in [6.07, 6.45) is 2.20. The molecule has 1 atom stereocenters. The first-order valence-corrected chi connectivity index (χ1v) is 5.61. The van der Waals surface area contributed by atoms with Crippen LogP contribution in [0.15, 0.2) is 0 Å². The maximum absolute atomic E-state index is 12.3. The number of hydrogen-bond acceptors (Lipinski definition) is 1. The number of amides is 1. The Kier molecular flexibility index (Phi) is 4.66. The molecule has 1 saturated heterocycles. The van der Waals surface area contributed by atoms with Crippen LogP contribution in [-0.2, 0) is 4.79 Å². The molecule has 0 aliphatic carbocycles. The molecule has 14 heavy (non-hydrogen) atoms. The van der Waals surface area contributed by atoms with Gasteiger partial charge >= 0.3 is 0 Å². The van der Waals surface area contributed by atoms with Crippen molar-refractivity contribution in [3.63, 3.8) is 0 Å². The summed E-state index contributed by atoms with van der Waals surface area (Å²) in [6, 6.07) is 0. The van der Waals surface area contributed by atoms with E-state index in [2.05, 4.69) is 0 Å². The number of carbonyl (C=O) groups excluding carboxylic acids is 1. The molecule has 0 N–H and O–H groups in total. The van der Waals surface area contributed by atoms with Gasteiger partial charge in [0.05, 0.1) is 6.67 Å². The first-order valence-electron chi connectivity index (χ1n) is 5.17. The minimum atomic E-state index is -0.406. The highest BCUT2D eigenvalue weighted by atomic mass is 35.5. The number of rotatable bonds is 3. The molecule has 1 aliphatic heterocycles. The maximum Gasteiger partial charge on any atom is 0.240 e. The number of carbonyl (C=O) groups is 1. The first kappa shape index (κ1) is 11.8. The van der Waals surface area contributed by atoms with E-state index in [9.17, 15) is 9.18 Å². The average molecular weight is 222 g/mol. The molecule has 1 aliphatic rings. The van der Waals surface area contributed by atoms with Gasteiger partial charge in [0, 0.05) is 13.1 Å². The molecule has 82 valence electrons. The smallest absolute Gasteiger partial charge is 0.240 e. The summed E-state index contributed by atoms with van der Waals surface area (Å²) >= 11 is 5.85. The lowest BCUT2D eigenvalue weighted by atomic mass is 9.98. The summed E-state index contributed by atoms with van der Waals surface area (Å²) in [4.78, 5) is 13.4. The van der Waals surface area contributed by atoms with Gasteiger partial charge in [-0.25, -0.2) is 0 Å². The van der Waals surface area contributed by atoms with Crippen LogP contribution in [0, 0.1) is 5.92 Å². The molecule has 2 nitrogen and oxygen atoms in total. The van der Waals surface area contributed by atoms with Gasteiger partial charge in [-0.3, -0.25) is 9.18 Å².